The molecule has 0 unspecified atom stereocenters. The zero-order chi connectivity index (χ0) is 22.1. The monoisotopic (exact) mass is 424 g/mol. The van der Waals surface area contributed by atoms with Crippen LogP contribution in [-0.2, 0) is 29.6 Å². The van der Waals surface area contributed by atoms with Crippen LogP contribution in [0.25, 0.3) is 0 Å². The lowest BCUT2D eigenvalue weighted by molar-refractivity contribution is -0.131. The third-order valence-electron chi connectivity index (χ3n) is 6.48. The Hall–Kier alpha value is -3.73. The summed E-state index contributed by atoms with van der Waals surface area (Å²) in [6.07, 6.45) is 3.41. The van der Waals surface area contributed by atoms with Gasteiger partial charge in [-0.05, 0) is 47.6 Å². The van der Waals surface area contributed by atoms with Gasteiger partial charge in [0, 0.05) is 12.0 Å². The summed E-state index contributed by atoms with van der Waals surface area (Å²) in [6.45, 7) is -0.271. The molecule has 0 saturated carbocycles. The second-order valence-corrected chi connectivity index (χ2v) is 8.52. The van der Waals surface area contributed by atoms with E-state index in [2.05, 4.69) is 5.32 Å². The summed E-state index contributed by atoms with van der Waals surface area (Å²) in [7, 11) is 0. The second kappa shape index (κ2) is 8.08. The van der Waals surface area contributed by atoms with Gasteiger partial charge in [0.25, 0.3) is 5.91 Å². The number of carbonyl (C=O) groups is 3. The lowest BCUT2D eigenvalue weighted by Crippen LogP contribution is -2.46. The standard InChI is InChI=1S/C27H24N2O3/c30-24(22-15-14-20-10-7-11-21(20)16-22)18-29-25(31)27(28-26(29)32,23-12-5-2-6-13-23)17-19-8-3-1-4-9-19/h1-6,8-9,12-16H,7,10-11,17-18H2,(H,28,32)/t27-/m1/s1. The van der Waals surface area contributed by atoms with Crippen molar-refractivity contribution in [1.82, 2.24) is 10.2 Å². The van der Waals surface area contributed by atoms with Crippen molar-refractivity contribution in [2.75, 3.05) is 6.54 Å². The number of benzene rings is 3. The van der Waals surface area contributed by atoms with Crippen LogP contribution in [-0.4, -0.2) is 29.2 Å². The molecule has 5 nitrogen and oxygen atoms in total. The van der Waals surface area contributed by atoms with E-state index in [1.165, 1.54) is 11.1 Å². The van der Waals surface area contributed by atoms with Gasteiger partial charge in [-0.3, -0.25) is 14.5 Å². The quantitative estimate of drug-likeness (QED) is 0.480. The summed E-state index contributed by atoms with van der Waals surface area (Å²) < 4.78 is 0. The highest BCUT2D eigenvalue weighted by Crippen LogP contribution is 2.33. The molecular weight excluding hydrogens is 400 g/mol. The normalized spacial score (nSPS) is 19.7. The summed E-state index contributed by atoms with van der Waals surface area (Å²) in [5.74, 6) is -0.626. The molecule has 5 heteroatoms. The Balaban J connectivity index is 1.45. The highest BCUT2D eigenvalue weighted by atomic mass is 16.2. The van der Waals surface area contributed by atoms with Crippen LogP contribution in [0.15, 0.2) is 78.9 Å². The molecule has 5 rings (SSSR count). The van der Waals surface area contributed by atoms with Gasteiger partial charge in [0.1, 0.15) is 0 Å². The molecule has 3 aromatic rings. The fourth-order valence-electron chi connectivity index (χ4n) is 4.79. The molecular formula is C27H24N2O3. The van der Waals surface area contributed by atoms with Gasteiger partial charge in [0.05, 0.1) is 6.54 Å². The van der Waals surface area contributed by atoms with E-state index in [0.717, 1.165) is 29.7 Å². The molecule has 1 saturated heterocycles. The number of amides is 3. The molecule has 0 bridgehead atoms. The van der Waals surface area contributed by atoms with E-state index in [1.807, 2.05) is 72.8 Å². The van der Waals surface area contributed by atoms with Gasteiger partial charge in [-0.1, -0.05) is 72.8 Å². The van der Waals surface area contributed by atoms with Gasteiger partial charge in [-0.25, -0.2) is 4.79 Å². The predicted molar refractivity (Wildman–Crippen MR) is 121 cm³/mol. The number of aryl methyl sites for hydroxylation is 2. The third-order valence-corrected chi connectivity index (χ3v) is 6.48. The van der Waals surface area contributed by atoms with Crippen LogP contribution >= 0.6 is 0 Å². The van der Waals surface area contributed by atoms with Crippen LogP contribution in [0.1, 0.15) is 39.0 Å². The van der Waals surface area contributed by atoms with E-state index in [-0.39, 0.29) is 12.3 Å². The molecule has 0 spiro atoms. The second-order valence-electron chi connectivity index (χ2n) is 8.52. The minimum atomic E-state index is -1.24. The van der Waals surface area contributed by atoms with E-state index in [4.69, 9.17) is 0 Å². The summed E-state index contributed by atoms with van der Waals surface area (Å²) in [5, 5.41) is 2.92. The van der Waals surface area contributed by atoms with E-state index in [0.29, 0.717) is 17.5 Å². The molecule has 1 heterocycles. The minimum Gasteiger partial charge on any atom is -0.319 e. The molecule has 1 fully saturated rings. The zero-order valence-corrected chi connectivity index (χ0v) is 17.7. The molecule has 2 aliphatic rings. The van der Waals surface area contributed by atoms with Crippen LogP contribution in [0.5, 0.6) is 0 Å². The third kappa shape index (κ3) is 3.50. The Morgan fingerprint density at radius 3 is 2.31 bits per heavy atom. The Morgan fingerprint density at radius 2 is 1.56 bits per heavy atom. The first-order valence-corrected chi connectivity index (χ1v) is 11.0. The molecule has 32 heavy (non-hydrogen) atoms. The lowest BCUT2D eigenvalue weighted by Gasteiger charge is -2.27. The summed E-state index contributed by atoms with van der Waals surface area (Å²) in [4.78, 5) is 40.7. The van der Waals surface area contributed by atoms with Crippen molar-refractivity contribution in [3.05, 3.63) is 107 Å². The van der Waals surface area contributed by atoms with Gasteiger partial charge < -0.3 is 5.32 Å². The van der Waals surface area contributed by atoms with Crippen LogP contribution in [0.3, 0.4) is 0 Å². The first-order chi connectivity index (χ1) is 15.6. The van der Waals surface area contributed by atoms with Gasteiger partial charge >= 0.3 is 6.03 Å². The number of ketones is 1. The Labute approximate surface area is 187 Å². The number of rotatable bonds is 6. The number of hydrogen-bond acceptors (Lipinski definition) is 3. The summed E-state index contributed by atoms with van der Waals surface area (Å²) in [5.41, 5.74) is 3.41. The van der Waals surface area contributed by atoms with Crippen molar-refractivity contribution < 1.29 is 14.4 Å². The van der Waals surface area contributed by atoms with Crippen molar-refractivity contribution in [2.24, 2.45) is 0 Å². The number of hydrogen-bond donors (Lipinski definition) is 1. The fraction of sp³-hybridized carbons (Fsp3) is 0.222. The highest BCUT2D eigenvalue weighted by Gasteiger charge is 2.52. The number of nitrogens with one attached hydrogen (secondary N) is 1. The Bertz CT molecular complexity index is 1190. The Morgan fingerprint density at radius 1 is 0.875 bits per heavy atom. The molecule has 0 radical (unpaired) electrons. The maximum Gasteiger partial charge on any atom is 0.325 e. The molecule has 3 aromatic carbocycles. The van der Waals surface area contributed by atoms with Crippen molar-refractivity contribution in [1.29, 1.82) is 0 Å². The number of carbonyl (C=O) groups excluding carboxylic acids is 3. The topological polar surface area (TPSA) is 66.5 Å². The van der Waals surface area contributed by atoms with Crippen LogP contribution < -0.4 is 5.32 Å². The largest absolute Gasteiger partial charge is 0.325 e. The van der Waals surface area contributed by atoms with Crippen LogP contribution in [0.4, 0.5) is 4.79 Å². The SMILES string of the molecule is O=C(CN1C(=O)N[C@](Cc2ccccc2)(c2ccccc2)C1=O)c1ccc2c(c1)CCC2. The number of urea groups is 1. The molecule has 1 N–H and O–H groups in total. The van der Waals surface area contributed by atoms with Crippen molar-refractivity contribution in [3.8, 4) is 0 Å². The van der Waals surface area contributed by atoms with Crippen molar-refractivity contribution in [3.63, 3.8) is 0 Å². The van der Waals surface area contributed by atoms with E-state index < -0.39 is 17.5 Å². The molecule has 160 valence electrons. The van der Waals surface area contributed by atoms with Gasteiger partial charge in [0.15, 0.2) is 11.3 Å². The molecule has 1 aliphatic carbocycles. The number of fused-ring (bicyclic) bond motifs is 1. The summed E-state index contributed by atoms with van der Waals surface area (Å²) >= 11 is 0. The molecule has 0 aromatic heterocycles. The number of nitrogens with zero attached hydrogens (tertiary/aromatic N) is 1. The first-order valence-electron chi connectivity index (χ1n) is 11.0. The first kappa shape index (κ1) is 20.2. The van der Waals surface area contributed by atoms with E-state index in [1.54, 1.807) is 6.07 Å². The molecule has 1 aliphatic heterocycles. The van der Waals surface area contributed by atoms with Crippen molar-refractivity contribution >= 4 is 17.7 Å². The molecule has 1 atom stereocenters. The Kier molecular flexibility index (Phi) is 5.10. The molecule has 3 amide bonds. The fourth-order valence-corrected chi connectivity index (χ4v) is 4.79. The zero-order valence-electron chi connectivity index (χ0n) is 17.7. The maximum absolute atomic E-state index is 13.7. The maximum atomic E-state index is 13.7. The predicted octanol–water partition coefficient (Wildman–Crippen LogP) is 4.05. The van der Waals surface area contributed by atoms with Crippen LogP contribution in [0, 0.1) is 0 Å². The van der Waals surface area contributed by atoms with E-state index in [9.17, 15) is 14.4 Å². The average molecular weight is 425 g/mol. The van der Waals surface area contributed by atoms with Gasteiger partial charge in [-0.15, -0.1) is 0 Å². The minimum absolute atomic E-state index is 0.230. The number of Topliss-reactive ketones (excluding diaryl/α,β-unsaturated/α-hetero) is 1. The number of imide groups is 1. The van der Waals surface area contributed by atoms with Crippen molar-refractivity contribution in [2.45, 2.75) is 31.2 Å². The highest BCUT2D eigenvalue weighted by molar-refractivity contribution is 6.11. The average Bonchev–Trinajstić information content (AvgIpc) is 3.38. The lowest BCUT2D eigenvalue weighted by atomic mass is 9.83. The van der Waals surface area contributed by atoms with Gasteiger partial charge in [-0.2, -0.15) is 0 Å². The van der Waals surface area contributed by atoms with E-state index >= 15 is 0 Å². The smallest absolute Gasteiger partial charge is 0.319 e. The summed E-state index contributed by atoms with van der Waals surface area (Å²) in [6, 6.07) is 24.0. The van der Waals surface area contributed by atoms with Crippen LogP contribution in [0.2, 0.25) is 0 Å². The van der Waals surface area contributed by atoms with Gasteiger partial charge in [0.2, 0.25) is 0 Å².